The minimum absolute atomic E-state index is 0.00944. The fourth-order valence-corrected chi connectivity index (χ4v) is 3.62. The van der Waals surface area contributed by atoms with Crippen LogP contribution in [0.4, 0.5) is 0 Å². The standard InChI is InChI=1S/C17H30N2O4/c1-23-11-8-17(14-20)7-5-10-19(13-17)16(22)12-18-9-4-2-3-6-15(18)21/h20H,2-14H2,1H3/t17-/m0/s1. The van der Waals surface area contributed by atoms with Crippen molar-refractivity contribution in [3.05, 3.63) is 0 Å². The van der Waals surface area contributed by atoms with Gasteiger partial charge in [0.25, 0.3) is 0 Å². The molecule has 1 atom stereocenters. The molecular weight excluding hydrogens is 296 g/mol. The van der Waals surface area contributed by atoms with Gasteiger partial charge in [-0.15, -0.1) is 0 Å². The Morgan fingerprint density at radius 1 is 1.26 bits per heavy atom. The van der Waals surface area contributed by atoms with Crippen LogP contribution < -0.4 is 0 Å². The zero-order valence-corrected chi connectivity index (χ0v) is 14.3. The van der Waals surface area contributed by atoms with Crippen LogP contribution in [0.5, 0.6) is 0 Å². The molecular formula is C17H30N2O4. The van der Waals surface area contributed by atoms with E-state index < -0.39 is 0 Å². The number of nitrogens with zero attached hydrogens (tertiary/aromatic N) is 2. The number of ether oxygens (including phenoxy) is 1. The Kier molecular flexibility index (Phi) is 6.84. The summed E-state index contributed by atoms with van der Waals surface area (Å²) in [6.07, 6.45) is 6.09. The smallest absolute Gasteiger partial charge is 0.242 e. The number of carbonyl (C=O) groups is 2. The molecule has 2 rings (SSSR count). The van der Waals surface area contributed by atoms with Gasteiger partial charge in [0.2, 0.25) is 11.8 Å². The van der Waals surface area contributed by atoms with Crippen molar-refractivity contribution in [3.63, 3.8) is 0 Å². The Hall–Kier alpha value is -1.14. The van der Waals surface area contributed by atoms with Gasteiger partial charge < -0.3 is 19.6 Å². The van der Waals surface area contributed by atoms with Crippen LogP contribution in [0, 0.1) is 5.41 Å². The predicted octanol–water partition coefficient (Wildman–Crippen LogP) is 1.03. The van der Waals surface area contributed by atoms with Crippen LogP contribution in [0.3, 0.4) is 0 Å². The van der Waals surface area contributed by atoms with Gasteiger partial charge in [0.05, 0.1) is 13.2 Å². The highest BCUT2D eigenvalue weighted by Gasteiger charge is 2.37. The molecule has 2 fully saturated rings. The number of rotatable bonds is 6. The van der Waals surface area contributed by atoms with Gasteiger partial charge in [0.15, 0.2) is 0 Å². The molecule has 0 aromatic rings. The van der Waals surface area contributed by atoms with Crippen molar-refractivity contribution in [1.82, 2.24) is 9.80 Å². The second-order valence-corrected chi connectivity index (χ2v) is 6.95. The maximum Gasteiger partial charge on any atom is 0.242 e. The SMILES string of the molecule is COCC[C@@]1(CO)CCCN(C(=O)CN2CCCCCC2=O)C1. The molecule has 0 aromatic carbocycles. The highest BCUT2D eigenvalue weighted by molar-refractivity contribution is 5.85. The molecule has 0 aliphatic carbocycles. The molecule has 0 radical (unpaired) electrons. The molecule has 0 bridgehead atoms. The zero-order chi connectivity index (χ0) is 16.7. The van der Waals surface area contributed by atoms with E-state index >= 15 is 0 Å². The average molecular weight is 326 g/mol. The van der Waals surface area contributed by atoms with Crippen molar-refractivity contribution in [1.29, 1.82) is 0 Å². The molecule has 23 heavy (non-hydrogen) atoms. The topological polar surface area (TPSA) is 70.1 Å². The van der Waals surface area contributed by atoms with E-state index in [0.29, 0.717) is 26.1 Å². The first-order chi connectivity index (χ1) is 11.1. The fourth-order valence-electron chi connectivity index (χ4n) is 3.62. The van der Waals surface area contributed by atoms with Gasteiger partial charge in [-0.1, -0.05) is 6.42 Å². The molecule has 2 heterocycles. The molecule has 6 nitrogen and oxygen atoms in total. The first-order valence-electron chi connectivity index (χ1n) is 8.75. The molecule has 0 aromatic heterocycles. The van der Waals surface area contributed by atoms with E-state index in [4.69, 9.17) is 4.74 Å². The molecule has 0 saturated carbocycles. The number of amides is 2. The van der Waals surface area contributed by atoms with E-state index in [2.05, 4.69) is 0 Å². The second-order valence-electron chi connectivity index (χ2n) is 6.95. The fraction of sp³-hybridized carbons (Fsp3) is 0.882. The van der Waals surface area contributed by atoms with Crippen molar-refractivity contribution in [3.8, 4) is 0 Å². The Labute approximate surface area is 138 Å². The van der Waals surface area contributed by atoms with E-state index in [0.717, 1.165) is 45.1 Å². The molecule has 0 unspecified atom stereocenters. The third-order valence-corrected chi connectivity index (χ3v) is 5.18. The van der Waals surface area contributed by atoms with Gasteiger partial charge in [-0.05, 0) is 32.1 Å². The number of carbonyl (C=O) groups excluding carboxylic acids is 2. The first kappa shape index (κ1) is 18.2. The molecule has 2 saturated heterocycles. The van der Waals surface area contributed by atoms with Crippen LogP contribution in [-0.2, 0) is 14.3 Å². The Bertz CT molecular complexity index is 415. The molecule has 2 amide bonds. The van der Waals surface area contributed by atoms with Gasteiger partial charge in [0, 0.05) is 45.2 Å². The van der Waals surface area contributed by atoms with Gasteiger partial charge in [-0.2, -0.15) is 0 Å². The van der Waals surface area contributed by atoms with Crippen LogP contribution in [0.2, 0.25) is 0 Å². The van der Waals surface area contributed by atoms with Gasteiger partial charge in [0.1, 0.15) is 0 Å². The summed E-state index contributed by atoms with van der Waals surface area (Å²) in [5.41, 5.74) is -0.257. The summed E-state index contributed by atoms with van der Waals surface area (Å²) in [6.45, 7) is 2.82. The molecule has 6 heteroatoms. The number of hydrogen-bond acceptors (Lipinski definition) is 4. The van der Waals surface area contributed by atoms with Crippen molar-refractivity contribution >= 4 is 11.8 Å². The molecule has 0 spiro atoms. The zero-order valence-electron chi connectivity index (χ0n) is 14.3. The first-order valence-corrected chi connectivity index (χ1v) is 8.75. The molecule has 1 N–H and O–H groups in total. The van der Waals surface area contributed by atoms with Crippen LogP contribution in [-0.4, -0.2) is 73.2 Å². The summed E-state index contributed by atoms with van der Waals surface area (Å²) in [4.78, 5) is 28.2. The minimum Gasteiger partial charge on any atom is -0.396 e. The lowest BCUT2D eigenvalue weighted by Crippen LogP contribution is -2.51. The summed E-state index contributed by atoms with van der Waals surface area (Å²) < 4.78 is 5.15. The van der Waals surface area contributed by atoms with Crippen LogP contribution in [0.25, 0.3) is 0 Å². The van der Waals surface area contributed by atoms with Crippen molar-refractivity contribution in [2.75, 3.05) is 46.5 Å². The molecule has 2 aliphatic heterocycles. The number of likely N-dealkylation sites (tertiary alicyclic amines) is 2. The summed E-state index contributed by atoms with van der Waals surface area (Å²) >= 11 is 0. The second kappa shape index (κ2) is 8.64. The van der Waals surface area contributed by atoms with Gasteiger partial charge in [-0.25, -0.2) is 0 Å². The quantitative estimate of drug-likeness (QED) is 0.791. The Morgan fingerprint density at radius 3 is 2.83 bits per heavy atom. The highest BCUT2D eigenvalue weighted by atomic mass is 16.5. The Balaban J connectivity index is 1.94. The van der Waals surface area contributed by atoms with Crippen molar-refractivity contribution < 1.29 is 19.4 Å². The van der Waals surface area contributed by atoms with E-state index in [-0.39, 0.29) is 30.4 Å². The lowest BCUT2D eigenvalue weighted by atomic mass is 9.78. The van der Waals surface area contributed by atoms with Crippen molar-refractivity contribution in [2.45, 2.75) is 44.9 Å². The number of hydrogen-bond donors (Lipinski definition) is 1. The molecule has 2 aliphatic rings. The third-order valence-electron chi connectivity index (χ3n) is 5.18. The van der Waals surface area contributed by atoms with E-state index in [1.54, 1.807) is 12.0 Å². The van der Waals surface area contributed by atoms with Gasteiger partial charge in [-0.3, -0.25) is 9.59 Å². The summed E-state index contributed by atoms with van der Waals surface area (Å²) in [5.74, 6) is 0.107. The number of aliphatic hydroxyl groups is 1. The van der Waals surface area contributed by atoms with Crippen LogP contribution >= 0.6 is 0 Å². The maximum absolute atomic E-state index is 12.6. The monoisotopic (exact) mass is 326 g/mol. The largest absolute Gasteiger partial charge is 0.396 e. The maximum atomic E-state index is 12.6. The van der Waals surface area contributed by atoms with E-state index in [1.165, 1.54) is 0 Å². The summed E-state index contributed by atoms with van der Waals surface area (Å²) in [5, 5.41) is 9.81. The number of methoxy groups -OCH3 is 1. The molecule has 132 valence electrons. The number of piperidine rings is 1. The van der Waals surface area contributed by atoms with E-state index in [1.807, 2.05) is 4.90 Å². The lowest BCUT2D eigenvalue weighted by Gasteiger charge is -2.42. The van der Waals surface area contributed by atoms with Crippen LogP contribution in [0.15, 0.2) is 0 Å². The Morgan fingerprint density at radius 2 is 2.09 bits per heavy atom. The normalized spacial score (nSPS) is 26.3. The summed E-state index contributed by atoms with van der Waals surface area (Å²) in [7, 11) is 1.65. The van der Waals surface area contributed by atoms with Gasteiger partial charge >= 0.3 is 0 Å². The lowest BCUT2D eigenvalue weighted by molar-refractivity contribution is -0.143. The predicted molar refractivity (Wildman–Crippen MR) is 86.9 cm³/mol. The van der Waals surface area contributed by atoms with E-state index in [9.17, 15) is 14.7 Å². The van der Waals surface area contributed by atoms with Crippen LogP contribution in [0.1, 0.15) is 44.9 Å². The average Bonchev–Trinajstić information content (AvgIpc) is 2.78. The third kappa shape index (κ3) is 4.91. The van der Waals surface area contributed by atoms with Crippen molar-refractivity contribution in [2.24, 2.45) is 5.41 Å². The highest BCUT2D eigenvalue weighted by Crippen LogP contribution is 2.33. The summed E-state index contributed by atoms with van der Waals surface area (Å²) in [6, 6.07) is 0. The minimum atomic E-state index is -0.257. The number of aliphatic hydroxyl groups excluding tert-OH is 1.